The van der Waals surface area contributed by atoms with Gasteiger partial charge in [-0.1, -0.05) is 28.1 Å². The number of allylic oxidation sites excluding steroid dienone is 1. The van der Waals surface area contributed by atoms with Crippen molar-refractivity contribution in [3.05, 3.63) is 105 Å². The molecule has 10 nitrogen and oxygen atoms in total. The molecule has 3 aromatic carbocycles. The Bertz CT molecular complexity index is 2140. The van der Waals surface area contributed by atoms with Gasteiger partial charge in [-0.3, -0.25) is 0 Å². The highest BCUT2D eigenvalue weighted by Gasteiger charge is 2.36. The van der Waals surface area contributed by atoms with Gasteiger partial charge in [-0.05, 0) is 62.2 Å². The predicted molar refractivity (Wildman–Crippen MR) is 173 cm³/mol. The number of H-pyrrole nitrogens is 1. The molecule has 1 atom stereocenters. The number of sulfone groups is 1. The van der Waals surface area contributed by atoms with Crippen LogP contribution in [0.4, 0.5) is 8.78 Å². The van der Waals surface area contributed by atoms with Crippen molar-refractivity contribution in [2.75, 3.05) is 11.5 Å². The SMILES string of the molecule is C/C1=C(/N=N)CS(=O)(=O)CCC(C)(c2cccc(Br)c2)c2nc(n(C)n2)-c2cc(ccc2F)Oc2c(F)cc3[nH]ccc3c2CN1. The normalized spacial score (nSPS) is 20.2. The van der Waals surface area contributed by atoms with Gasteiger partial charge in [0.1, 0.15) is 11.6 Å². The third-order valence-corrected chi connectivity index (χ3v) is 10.4. The summed E-state index contributed by atoms with van der Waals surface area (Å²) in [4.78, 5) is 7.75. The summed E-state index contributed by atoms with van der Waals surface area (Å²) in [5, 5.41) is 12.0. The van der Waals surface area contributed by atoms with Crippen molar-refractivity contribution in [3.63, 3.8) is 0 Å². The van der Waals surface area contributed by atoms with Crippen LogP contribution >= 0.6 is 15.9 Å². The van der Waals surface area contributed by atoms with Crippen LogP contribution in [0.1, 0.15) is 37.2 Å². The van der Waals surface area contributed by atoms with Crippen LogP contribution in [0.5, 0.6) is 11.5 Å². The Morgan fingerprint density at radius 2 is 1.93 bits per heavy atom. The van der Waals surface area contributed by atoms with Crippen LogP contribution in [-0.4, -0.2) is 39.7 Å². The molecular weight excluding hydrogens is 680 g/mol. The van der Waals surface area contributed by atoms with Crippen LogP contribution in [-0.2, 0) is 28.8 Å². The van der Waals surface area contributed by atoms with E-state index in [0.29, 0.717) is 22.2 Å². The van der Waals surface area contributed by atoms with Crippen molar-refractivity contribution < 1.29 is 21.9 Å². The van der Waals surface area contributed by atoms with Crippen molar-refractivity contribution in [1.29, 1.82) is 5.53 Å². The van der Waals surface area contributed by atoms with E-state index in [2.05, 4.69) is 36.4 Å². The maximum absolute atomic E-state index is 15.6. The fourth-order valence-corrected chi connectivity index (χ4v) is 7.58. The van der Waals surface area contributed by atoms with Crippen molar-refractivity contribution >= 4 is 36.7 Å². The zero-order valence-electron chi connectivity index (χ0n) is 25.2. The van der Waals surface area contributed by atoms with E-state index in [-0.39, 0.29) is 53.1 Å². The second-order valence-electron chi connectivity index (χ2n) is 11.5. The number of aromatic amines is 1. The third-order valence-electron chi connectivity index (χ3n) is 8.35. The van der Waals surface area contributed by atoms with Crippen molar-refractivity contribution in [2.24, 2.45) is 12.2 Å². The maximum atomic E-state index is 15.6. The number of nitrogens with zero attached hydrogens (tertiary/aromatic N) is 4. The number of halogens is 3. The Hall–Kier alpha value is -4.43. The first-order chi connectivity index (χ1) is 21.9. The van der Waals surface area contributed by atoms with Crippen LogP contribution in [0.15, 0.2) is 81.8 Å². The smallest absolute Gasteiger partial charge is 0.168 e. The minimum absolute atomic E-state index is 0.0218. The first-order valence-corrected chi connectivity index (χ1v) is 17.0. The Labute approximate surface area is 272 Å². The number of rotatable bonds is 2. The molecule has 6 rings (SSSR count). The van der Waals surface area contributed by atoms with E-state index in [4.69, 9.17) is 15.3 Å². The molecule has 14 heteroatoms. The van der Waals surface area contributed by atoms with Gasteiger partial charge in [0.05, 0.1) is 28.2 Å². The summed E-state index contributed by atoms with van der Waals surface area (Å²) in [5.74, 6) is -1.47. The first kappa shape index (κ1) is 31.5. The number of ether oxygens (including phenoxy) is 1. The highest BCUT2D eigenvalue weighted by atomic mass is 79.9. The van der Waals surface area contributed by atoms with E-state index in [0.717, 1.165) is 10.0 Å². The van der Waals surface area contributed by atoms with E-state index in [9.17, 15) is 8.42 Å². The summed E-state index contributed by atoms with van der Waals surface area (Å²) < 4.78 is 66.5. The minimum atomic E-state index is -3.81. The quantitative estimate of drug-likeness (QED) is 0.165. The molecule has 1 aliphatic heterocycles. The van der Waals surface area contributed by atoms with E-state index in [1.807, 2.05) is 31.2 Å². The molecule has 1 unspecified atom stereocenters. The molecule has 0 saturated carbocycles. The second-order valence-corrected chi connectivity index (χ2v) is 14.6. The standard InChI is InChI=1S/C32H30BrF2N7O3S/c1-18-28(40-36)17-46(43,44)12-10-32(2,19-5-4-6-20(33)13-19)31-39-30(42(3)41-31)23-14-21(7-8-25(23)34)45-29-24(16-38-18)22-9-11-37-27(22)15-26(29)35/h4-9,11,13-15,36-38H,10,12,16-17H2,1-3H3/b28-18-,40-36?. The van der Waals surface area contributed by atoms with Gasteiger partial charge < -0.3 is 15.0 Å². The lowest BCUT2D eigenvalue weighted by Gasteiger charge is -2.27. The zero-order chi connectivity index (χ0) is 32.8. The molecule has 46 heavy (non-hydrogen) atoms. The molecule has 3 heterocycles. The van der Waals surface area contributed by atoms with Crippen LogP contribution in [0.25, 0.3) is 22.3 Å². The van der Waals surface area contributed by atoms with E-state index < -0.39 is 32.6 Å². The molecule has 0 radical (unpaired) electrons. The topological polar surface area (TPSA) is 138 Å². The molecule has 4 bridgehead atoms. The monoisotopic (exact) mass is 709 g/mol. The first-order valence-electron chi connectivity index (χ1n) is 14.3. The molecule has 0 amide bonds. The molecule has 2 aromatic heterocycles. The Balaban J connectivity index is 1.57. The molecule has 1 aliphatic rings. The zero-order valence-corrected chi connectivity index (χ0v) is 27.6. The van der Waals surface area contributed by atoms with Gasteiger partial charge in [0.2, 0.25) is 0 Å². The van der Waals surface area contributed by atoms with Crippen molar-refractivity contribution in [1.82, 2.24) is 25.1 Å². The highest BCUT2D eigenvalue weighted by Crippen LogP contribution is 2.39. The number of hydrogen-bond acceptors (Lipinski definition) is 8. The summed E-state index contributed by atoms with van der Waals surface area (Å²) in [6.45, 7) is 3.48. The van der Waals surface area contributed by atoms with Gasteiger partial charge >= 0.3 is 0 Å². The summed E-state index contributed by atoms with van der Waals surface area (Å²) in [5.41, 5.74) is 8.91. The molecule has 0 saturated heterocycles. The Morgan fingerprint density at radius 3 is 2.70 bits per heavy atom. The van der Waals surface area contributed by atoms with E-state index >= 15 is 8.78 Å². The predicted octanol–water partition coefficient (Wildman–Crippen LogP) is 7.27. The minimum Gasteiger partial charge on any atom is -0.454 e. The number of fused-ring (bicyclic) bond motifs is 8. The Morgan fingerprint density at radius 1 is 1.13 bits per heavy atom. The molecular formula is C32H30BrF2N7O3S. The molecule has 0 aliphatic carbocycles. The van der Waals surface area contributed by atoms with Gasteiger partial charge in [-0.2, -0.15) is 10.2 Å². The molecule has 0 spiro atoms. The van der Waals surface area contributed by atoms with Crippen molar-refractivity contribution in [2.45, 2.75) is 32.2 Å². The largest absolute Gasteiger partial charge is 0.454 e. The summed E-state index contributed by atoms with van der Waals surface area (Å²) in [6.07, 6.45) is 1.76. The summed E-state index contributed by atoms with van der Waals surface area (Å²) >= 11 is 3.50. The molecule has 5 aromatic rings. The number of hydrogen-bond donors (Lipinski definition) is 3. The van der Waals surface area contributed by atoms with E-state index in [1.54, 1.807) is 26.2 Å². The molecule has 3 N–H and O–H groups in total. The fraction of sp³-hybridized carbons (Fsp3) is 0.250. The van der Waals surface area contributed by atoms with Gasteiger partial charge in [0.25, 0.3) is 0 Å². The van der Waals surface area contributed by atoms with Gasteiger partial charge in [-0.25, -0.2) is 32.4 Å². The average Bonchev–Trinajstić information content (AvgIpc) is 3.65. The number of nitrogens with one attached hydrogen (secondary N) is 3. The van der Waals surface area contributed by atoms with Crippen LogP contribution < -0.4 is 10.1 Å². The molecule has 238 valence electrons. The van der Waals surface area contributed by atoms with Crippen LogP contribution in [0.2, 0.25) is 0 Å². The van der Waals surface area contributed by atoms with Gasteiger partial charge in [0, 0.05) is 52.5 Å². The molecule has 0 fully saturated rings. The summed E-state index contributed by atoms with van der Waals surface area (Å²) in [6, 6.07) is 14.6. The number of benzene rings is 3. The lowest BCUT2D eigenvalue weighted by molar-refractivity contribution is 0.435. The van der Waals surface area contributed by atoms with Crippen molar-refractivity contribution in [3.8, 4) is 22.9 Å². The second kappa shape index (κ2) is 12.1. The third kappa shape index (κ3) is 5.94. The number of aryl methyl sites for hydroxylation is 1. The van der Waals surface area contributed by atoms with E-state index in [1.165, 1.54) is 28.9 Å². The van der Waals surface area contributed by atoms with Crippen LogP contribution in [0.3, 0.4) is 0 Å². The Kier molecular flexibility index (Phi) is 8.27. The van der Waals surface area contributed by atoms with Crippen LogP contribution in [0, 0.1) is 17.2 Å². The lowest BCUT2D eigenvalue weighted by atomic mass is 9.79. The lowest BCUT2D eigenvalue weighted by Crippen LogP contribution is -2.30. The van der Waals surface area contributed by atoms with Gasteiger partial charge in [-0.15, -0.1) is 0 Å². The average molecular weight is 711 g/mol. The summed E-state index contributed by atoms with van der Waals surface area (Å²) in [7, 11) is -2.19. The highest BCUT2D eigenvalue weighted by molar-refractivity contribution is 9.10. The number of aromatic nitrogens is 4. The maximum Gasteiger partial charge on any atom is 0.168 e. The fourth-order valence-electron chi connectivity index (χ4n) is 5.62. The van der Waals surface area contributed by atoms with Gasteiger partial charge in [0.15, 0.2) is 33.1 Å².